The molecule has 0 aliphatic carbocycles. The zero-order chi connectivity index (χ0) is 21.9. The van der Waals surface area contributed by atoms with Crippen LogP contribution in [0.2, 0.25) is 0 Å². The zero-order valence-corrected chi connectivity index (χ0v) is 18.7. The monoisotopic (exact) mass is 446 g/mol. The van der Waals surface area contributed by atoms with E-state index >= 15 is 0 Å². The number of aromatic nitrogens is 1. The molecule has 0 bridgehead atoms. The number of hydrogen-bond donors (Lipinski definition) is 2. The number of amides is 2. The Balaban J connectivity index is 1.47. The van der Waals surface area contributed by atoms with Crippen molar-refractivity contribution in [3.05, 3.63) is 72.1 Å². The molecule has 2 N–H and O–H groups in total. The molecule has 164 valence electrons. The number of nitrogens with zero attached hydrogens (tertiary/aromatic N) is 2. The van der Waals surface area contributed by atoms with E-state index in [9.17, 15) is 9.59 Å². The van der Waals surface area contributed by atoms with E-state index in [0.717, 1.165) is 54.8 Å². The van der Waals surface area contributed by atoms with Gasteiger partial charge in [0.1, 0.15) is 5.70 Å². The third-order valence-electron chi connectivity index (χ3n) is 6.01. The maximum Gasteiger partial charge on any atom is 0.275 e. The fraction of sp³-hybridized carbons (Fsp3) is 0.280. The van der Waals surface area contributed by atoms with Crippen molar-refractivity contribution in [1.82, 2.24) is 14.8 Å². The van der Waals surface area contributed by atoms with Crippen molar-refractivity contribution in [2.45, 2.75) is 13.0 Å². The van der Waals surface area contributed by atoms with Crippen molar-refractivity contribution in [2.75, 3.05) is 36.5 Å². The SMILES string of the molecule is O=C1NC(=O)C(c2cn(CCCN3CCSCC3)c3ccccc23)=C1Nc1ccccc1. The van der Waals surface area contributed by atoms with Gasteiger partial charge in [-0.25, -0.2) is 0 Å². The first-order valence-electron chi connectivity index (χ1n) is 11.0. The first-order valence-corrected chi connectivity index (χ1v) is 12.2. The van der Waals surface area contributed by atoms with Crippen LogP contribution in [0.25, 0.3) is 16.5 Å². The van der Waals surface area contributed by atoms with Gasteiger partial charge in [-0.05, 0) is 31.2 Å². The Bertz CT molecular complexity index is 1180. The summed E-state index contributed by atoms with van der Waals surface area (Å²) in [5, 5.41) is 6.60. The number of thioether (sulfide) groups is 1. The smallest absolute Gasteiger partial charge is 0.275 e. The lowest BCUT2D eigenvalue weighted by Crippen LogP contribution is -2.33. The van der Waals surface area contributed by atoms with Gasteiger partial charge in [-0.2, -0.15) is 11.8 Å². The Kier molecular flexibility index (Phi) is 6.01. The molecule has 1 fully saturated rings. The average Bonchev–Trinajstić information content (AvgIpc) is 3.31. The molecule has 0 spiro atoms. The summed E-state index contributed by atoms with van der Waals surface area (Å²) in [5.41, 5.74) is 3.34. The number of fused-ring (bicyclic) bond motifs is 1. The van der Waals surface area contributed by atoms with Gasteiger partial charge in [0, 0.05) is 59.5 Å². The lowest BCUT2D eigenvalue weighted by Gasteiger charge is -2.26. The van der Waals surface area contributed by atoms with Gasteiger partial charge in [-0.15, -0.1) is 0 Å². The lowest BCUT2D eigenvalue weighted by molar-refractivity contribution is -0.123. The summed E-state index contributed by atoms with van der Waals surface area (Å²) in [7, 11) is 0. The predicted octanol–water partition coefficient (Wildman–Crippen LogP) is 3.56. The molecule has 5 rings (SSSR count). The van der Waals surface area contributed by atoms with E-state index in [2.05, 4.69) is 26.2 Å². The van der Waals surface area contributed by atoms with Crippen LogP contribution in [0.3, 0.4) is 0 Å². The van der Waals surface area contributed by atoms with Crippen LogP contribution in [0.4, 0.5) is 5.69 Å². The number of anilines is 1. The summed E-state index contributed by atoms with van der Waals surface area (Å²) in [5.74, 6) is 1.67. The number of benzene rings is 2. The molecule has 6 nitrogen and oxygen atoms in total. The number of aryl methyl sites for hydroxylation is 1. The number of nitrogens with one attached hydrogen (secondary N) is 2. The summed E-state index contributed by atoms with van der Waals surface area (Å²) in [4.78, 5) is 27.9. The molecule has 0 saturated carbocycles. The molecule has 2 aliphatic rings. The van der Waals surface area contributed by atoms with Crippen LogP contribution < -0.4 is 10.6 Å². The minimum absolute atomic E-state index is 0.301. The van der Waals surface area contributed by atoms with Gasteiger partial charge in [0.15, 0.2) is 0 Å². The van der Waals surface area contributed by atoms with Gasteiger partial charge >= 0.3 is 0 Å². The number of para-hydroxylation sites is 2. The number of carbonyl (C=O) groups is 2. The van der Waals surface area contributed by atoms with E-state index in [-0.39, 0.29) is 5.91 Å². The van der Waals surface area contributed by atoms with E-state index in [1.807, 2.05) is 66.5 Å². The summed E-state index contributed by atoms with van der Waals surface area (Å²) in [6.45, 7) is 4.26. The highest BCUT2D eigenvalue weighted by atomic mass is 32.2. The van der Waals surface area contributed by atoms with Crippen LogP contribution in [0, 0.1) is 0 Å². The first kappa shape index (κ1) is 20.8. The largest absolute Gasteiger partial charge is 0.350 e. The summed E-state index contributed by atoms with van der Waals surface area (Å²) in [6, 6.07) is 17.5. The molecule has 3 aromatic rings. The Morgan fingerprint density at radius 3 is 2.47 bits per heavy atom. The molecule has 2 aromatic carbocycles. The van der Waals surface area contributed by atoms with Crippen molar-refractivity contribution in [1.29, 1.82) is 0 Å². The molecule has 7 heteroatoms. The van der Waals surface area contributed by atoms with Crippen LogP contribution in [-0.2, 0) is 16.1 Å². The van der Waals surface area contributed by atoms with E-state index in [1.165, 1.54) is 11.5 Å². The summed E-state index contributed by atoms with van der Waals surface area (Å²) in [6.07, 6.45) is 3.07. The second-order valence-electron chi connectivity index (χ2n) is 8.09. The third kappa shape index (κ3) is 4.18. The number of carbonyl (C=O) groups excluding carboxylic acids is 2. The number of hydrogen-bond acceptors (Lipinski definition) is 5. The highest BCUT2D eigenvalue weighted by Crippen LogP contribution is 2.32. The van der Waals surface area contributed by atoms with E-state index in [1.54, 1.807) is 0 Å². The fourth-order valence-electron chi connectivity index (χ4n) is 4.42. The van der Waals surface area contributed by atoms with Crippen molar-refractivity contribution in [3.63, 3.8) is 0 Å². The van der Waals surface area contributed by atoms with Gasteiger partial charge in [0.05, 0.1) is 5.57 Å². The van der Waals surface area contributed by atoms with Gasteiger partial charge in [-0.3, -0.25) is 14.9 Å². The number of rotatable bonds is 7. The second-order valence-corrected chi connectivity index (χ2v) is 9.31. The first-order chi connectivity index (χ1) is 15.7. The minimum atomic E-state index is -0.395. The Morgan fingerprint density at radius 2 is 1.66 bits per heavy atom. The maximum atomic E-state index is 12.8. The summed E-state index contributed by atoms with van der Waals surface area (Å²) < 4.78 is 2.21. The normalized spacial score (nSPS) is 17.2. The molecule has 32 heavy (non-hydrogen) atoms. The molecular formula is C25H26N4O2S. The quantitative estimate of drug-likeness (QED) is 0.544. The number of imide groups is 1. The minimum Gasteiger partial charge on any atom is -0.350 e. The molecule has 1 saturated heterocycles. The zero-order valence-electron chi connectivity index (χ0n) is 17.8. The lowest BCUT2D eigenvalue weighted by atomic mass is 10.0. The molecule has 0 atom stereocenters. The van der Waals surface area contributed by atoms with E-state index in [4.69, 9.17) is 0 Å². The topological polar surface area (TPSA) is 66.4 Å². The van der Waals surface area contributed by atoms with Crippen LogP contribution in [0.5, 0.6) is 0 Å². The van der Waals surface area contributed by atoms with E-state index < -0.39 is 5.91 Å². The van der Waals surface area contributed by atoms with Crippen LogP contribution in [0.15, 0.2) is 66.5 Å². The van der Waals surface area contributed by atoms with Gasteiger partial charge in [-0.1, -0.05) is 36.4 Å². The van der Waals surface area contributed by atoms with Crippen LogP contribution in [0.1, 0.15) is 12.0 Å². The Hall–Kier alpha value is -3.03. The molecular weight excluding hydrogens is 420 g/mol. The van der Waals surface area contributed by atoms with Gasteiger partial charge in [0.2, 0.25) is 0 Å². The Morgan fingerprint density at radius 1 is 0.906 bits per heavy atom. The summed E-state index contributed by atoms with van der Waals surface area (Å²) >= 11 is 2.03. The molecule has 0 unspecified atom stereocenters. The highest BCUT2D eigenvalue weighted by molar-refractivity contribution is 7.99. The third-order valence-corrected chi connectivity index (χ3v) is 6.95. The molecule has 1 aromatic heterocycles. The second kappa shape index (κ2) is 9.22. The van der Waals surface area contributed by atoms with Crippen molar-refractivity contribution >= 4 is 45.7 Å². The van der Waals surface area contributed by atoms with Gasteiger partial charge in [0.25, 0.3) is 11.8 Å². The van der Waals surface area contributed by atoms with Crippen molar-refractivity contribution in [2.24, 2.45) is 0 Å². The van der Waals surface area contributed by atoms with E-state index in [0.29, 0.717) is 11.3 Å². The van der Waals surface area contributed by atoms with Crippen LogP contribution >= 0.6 is 11.8 Å². The Labute approximate surface area is 191 Å². The highest BCUT2D eigenvalue weighted by Gasteiger charge is 2.33. The predicted molar refractivity (Wildman–Crippen MR) is 130 cm³/mol. The fourth-order valence-corrected chi connectivity index (χ4v) is 5.40. The maximum absolute atomic E-state index is 12.8. The molecule has 2 amide bonds. The van der Waals surface area contributed by atoms with Crippen molar-refractivity contribution < 1.29 is 9.59 Å². The van der Waals surface area contributed by atoms with Gasteiger partial charge < -0.3 is 14.8 Å². The average molecular weight is 447 g/mol. The van der Waals surface area contributed by atoms with Crippen molar-refractivity contribution in [3.8, 4) is 0 Å². The standard InChI is InChI=1S/C25H26N4O2S/c30-24-22(23(25(31)27-24)26-18-7-2-1-3-8-18)20-17-29(21-10-5-4-9-19(20)21)12-6-11-28-13-15-32-16-14-28/h1-5,7-10,17H,6,11-16H2,(H2,26,27,30,31). The molecule has 2 aliphatic heterocycles. The molecule has 3 heterocycles. The molecule has 0 radical (unpaired) electrons. The van der Waals surface area contributed by atoms with Crippen LogP contribution in [-0.4, -0.2) is 52.4 Å².